The first-order valence-corrected chi connectivity index (χ1v) is 8.86. The van der Waals surface area contributed by atoms with E-state index < -0.39 is 16.0 Å². The smallest absolute Gasteiger partial charge is 0.337 e. The van der Waals surface area contributed by atoms with E-state index in [9.17, 15) is 13.2 Å². The molecule has 1 aromatic rings. The molecule has 2 unspecified atom stereocenters. The van der Waals surface area contributed by atoms with Crippen molar-refractivity contribution in [3.8, 4) is 0 Å². The molecule has 8 heteroatoms. The summed E-state index contributed by atoms with van der Waals surface area (Å²) in [6.45, 7) is 4.99. The molecule has 1 saturated heterocycles. The summed E-state index contributed by atoms with van der Waals surface area (Å²) in [5, 5.41) is 3.26. The summed E-state index contributed by atoms with van der Waals surface area (Å²) in [7, 11) is -2.13. The largest absolute Gasteiger partial charge is 0.465 e. The van der Waals surface area contributed by atoms with Gasteiger partial charge in [-0.2, -0.15) is 4.31 Å². The van der Waals surface area contributed by atoms with Gasteiger partial charge in [-0.05, 0) is 31.5 Å². The normalized spacial score (nSPS) is 22.2. The molecule has 0 aromatic heterocycles. The number of rotatable bonds is 4. The number of nitrogens with one attached hydrogen (secondary N) is 1. The highest BCUT2D eigenvalue weighted by molar-refractivity contribution is 7.88. The fourth-order valence-corrected chi connectivity index (χ4v) is 4.44. The summed E-state index contributed by atoms with van der Waals surface area (Å²) in [5.74, 6) is -0.585. The molecular formula is C15H23ClN2O4S. The van der Waals surface area contributed by atoms with Crippen LogP contribution in [0.3, 0.4) is 0 Å². The van der Waals surface area contributed by atoms with E-state index in [-0.39, 0.29) is 30.2 Å². The Bertz CT molecular complexity index is 651. The van der Waals surface area contributed by atoms with Gasteiger partial charge in [0.05, 0.1) is 18.4 Å². The van der Waals surface area contributed by atoms with E-state index in [0.717, 1.165) is 0 Å². The molecule has 0 spiro atoms. The highest BCUT2D eigenvalue weighted by Crippen LogP contribution is 2.19. The number of esters is 1. The predicted octanol–water partition coefficient (Wildman–Crippen LogP) is 1.41. The van der Waals surface area contributed by atoms with Crippen molar-refractivity contribution in [1.29, 1.82) is 0 Å². The number of nitrogens with zero attached hydrogens (tertiary/aromatic N) is 1. The van der Waals surface area contributed by atoms with Gasteiger partial charge >= 0.3 is 5.97 Å². The molecule has 1 heterocycles. The van der Waals surface area contributed by atoms with Crippen LogP contribution < -0.4 is 5.32 Å². The first-order chi connectivity index (χ1) is 10.3. The third kappa shape index (κ3) is 4.67. The van der Waals surface area contributed by atoms with Crippen molar-refractivity contribution >= 4 is 28.4 Å². The quantitative estimate of drug-likeness (QED) is 0.819. The van der Waals surface area contributed by atoms with Crippen LogP contribution in [-0.2, 0) is 20.5 Å². The summed E-state index contributed by atoms with van der Waals surface area (Å²) >= 11 is 0. The number of carbonyl (C=O) groups is 1. The Hall–Kier alpha value is -1.15. The van der Waals surface area contributed by atoms with Gasteiger partial charge in [-0.3, -0.25) is 0 Å². The maximum Gasteiger partial charge on any atom is 0.337 e. The van der Waals surface area contributed by atoms with Crippen LogP contribution in [0.4, 0.5) is 0 Å². The van der Waals surface area contributed by atoms with E-state index in [4.69, 9.17) is 0 Å². The Kier molecular flexibility index (Phi) is 7.01. The Morgan fingerprint density at radius 2 is 2.09 bits per heavy atom. The lowest BCUT2D eigenvalue weighted by molar-refractivity contribution is 0.0600. The van der Waals surface area contributed by atoms with Gasteiger partial charge in [0.15, 0.2) is 0 Å². The van der Waals surface area contributed by atoms with Crippen LogP contribution in [0.1, 0.15) is 29.8 Å². The molecular weight excluding hydrogens is 340 g/mol. The maximum absolute atomic E-state index is 12.6. The van der Waals surface area contributed by atoms with E-state index >= 15 is 0 Å². The average molecular weight is 363 g/mol. The van der Waals surface area contributed by atoms with E-state index in [1.54, 1.807) is 28.6 Å². The van der Waals surface area contributed by atoms with Gasteiger partial charge in [0.1, 0.15) is 0 Å². The van der Waals surface area contributed by atoms with Gasteiger partial charge in [0.2, 0.25) is 10.0 Å². The molecule has 1 aliphatic heterocycles. The summed E-state index contributed by atoms with van der Waals surface area (Å²) in [6.07, 6.45) is 0. The Labute approximate surface area is 143 Å². The molecule has 1 fully saturated rings. The number of ether oxygens (including phenoxy) is 1. The maximum atomic E-state index is 12.6. The van der Waals surface area contributed by atoms with Crippen molar-refractivity contribution in [2.24, 2.45) is 0 Å². The first-order valence-electron chi connectivity index (χ1n) is 7.25. The SMILES string of the molecule is COC(=O)c1cccc(CS(=O)(=O)N2CCNC(C)C2C)c1.Cl. The van der Waals surface area contributed by atoms with Crippen molar-refractivity contribution in [3.63, 3.8) is 0 Å². The van der Waals surface area contributed by atoms with Crippen LogP contribution in [0.15, 0.2) is 24.3 Å². The summed E-state index contributed by atoms with van der Waals surface area (Å²) < 4.78 is 31.5. The van der Waals surface area contributed by atoms with Crippen molar-refractivity contribution in [2.75, 3.05) is 20.2 Å². The van der Waals surface area contributed by atoms with Gasteiger partial charge in [0, 0.05) is 25.2 Å². The van der Waals surface area contributed by atoms with Crippen molar-refractivity contribution in [2.45, 2.75) is 31.7 Å². The minimum absolute atomic E-state index is 0. The minimum atomic E-state index is -3.43. The fourth-order valence-electron chi connectivity index (χ4n) is 2.62. The van der Waals surface area contributed by atoms with Gasteiger partial charge in [-0.25, -0.2) is 13.2 Å². The van der Waals surface area contributed by atoms with Crippen LogP contribution in [0.2, 0.25) is 0 Å². The molecule has 0 aliphatic carbocycles. The third-order valence-corrected chi connectivity index (χ3v) is 5.96. The van der Waals surface area contributed by atoms with Gasteiger partial charge < -0.3 is 10.1 Å². The molecule has 0 radical (unpaired) electrons. The molecule has 130 valence electrons. The molecule has 23 heavy (non-hydrogen) atoms. The topological polar surface area (TPSA) is 75.7 Å². The number of hydrogen-bond donors (Lipinski definition) is 1. The van der Waals surface area contributed by atoms with Crippen LogP contribution in [-0.4, -0.2) is 51.0 Å². The van der Waals surface area contributed by atoms with Crippen LogP contribution in [0.5, 0.6) is 0 Å². The molecule has 0 amide bonds. The standard InChI is InChI=1S/C15H22N2O4S.ClH/c1-11-12(2)17(8-7-16-11)22(19,20)10-13-5-4-6-14(9-13)15(18)21-3;/h4-6,9,11-12,16H,7-8,10H2,1-3H3;1H. The lowest BCUT2D eigenvalue weighted by atomic mass is 10.1. The predicted molar refractivity (Wildman–Crippen MR) is 91.3 cm³/mol. The Morgan fingerprint density at radius 1 is 1.39 bits per heavy atom. The van der Waals surface area contributed by atoms with Gasteiger partial charge in [0.25, 0.3) is 0 Å². The summed E-state index contributed by atoms with van der Waals surface area (Å²) in [5.41, 5.74) is 0.943. The highest BCUT2D eigenvalue weighted by atomic mass is 35.5. The fraction of sp³-hybridized carbons (Fsp3) is 0.533. The van der Waals surface area contributed by atoms with E-state index in [0.29, 0.717) is 24.2 Å². The van der Waals surface area contributed by atoms with E-state index in [1.165, 1.54) is 7.11 Å². The molecule has 1 N–H and O–H groups in total. The highest BCUT2D eigenvalue weighted by Gasteiger charge is 2.33. The third-order valence-electron chi connectivity index (χ3n) is 4.03. The molecule has 0 bridgehead atoms. The zero-order valence-corrected chi connectivity index (χ0v) is 15.1. The molecule has 2 rings (SSSR count). The molecule has 1 aromatic carbocycles. The number of piperazine rings is 1. The number of sulfonamides is 1. The number of carbonyl (C=O) groups excluding carboxylic acids is 1. The van der Waals surface area contributed by atoms with Crippen molar-refractivity contribution in [1.82, 2.24) is 9.62 Å². The van der Waals surface area contributed by atoms with Crippen LogP contribution >= 0.6 is 12.4 Å². The van der Waals surface area contributed by atoms with E-state index in [1.807, 2.05) is 13.8 Å². The van der Waals surface area contributed by atoms with Crippen LogP contribution in [0.25, 0.3) is 0 Å². The van der Waals surface area contributed by atoms with Crippen molar-refractivity contribution in [3.05, 3.63) is 35.4 Å². The Morgan fingerprint density at radius 3 is 2.74 bits per heavy atom. The molecule has 6 nitrogen and oxygen atoms in total. The average Bonchev–Trinajstić information content (AvgIpc) is 2.48. The van der Waals surface area contributed by atoms with Gasteiger partial charge in [-0.15, -0.1) is 12.4 Å². The minimum Gasteiger partial charge on any atom is -0.465 e. The zero-order chi connectivity index (χ0) is 16.3. The Balaban J connectivity index is 0.00000264. The molecule has 1 aliphatic rings. The van der Waals surface area contributed by atoms with E-state index in [2.05, 4.69) is 10.1 Å². The first kappa shape index (κ1) is 19.9. The number of benzene rings is 1. The second kappa shape index (κ2) is 8.10. The molecule has 0 saturated carbocycles. The lowest BCUT2D eigenvalue weighted by Crippen LogP contribution is -2.57. The zero-order valence-electron chi connectivity index (χ0n) is 13.5. The number of halogens is 1. The second-order valence-corrected chi connectivity index (χ2v) is 7.46. The van der Waals surface area contributed by atoms with Crippen molar-refractivity contribution < 1.29 is 17.9 Å². The number of hydrogen-bond acceptors (Lipinski definition) is 5. The summed E-state index contributed by atoms with van der Waals surface area (Å²) in [4.78, 5) is 11.5. The monoisotopic (exact) mass is 362 g/mol. The van der Waals surface area contributed by atoms with Gasteiger partial charge in [-0.1, -0.05) is 12.1 Å². The lowest BCUT2D eigenvalue weighted by Gasteiger charge is -2.37. The summed E-state index contributed by atoms with van der Waals surface area (Å²) in [6, 6.07) is 6.57. The molecule has 2 atom stereocenters. The number of methoxy groups -OCH3 is 1. The second-order valence-electron chi connectivity index (χ2n) is 5.54. The van der Waals surface area contributed by atoms with Crippen LogP contribution in [0, 0.1) is 0 Å².